The molecule has 0 rings (SSSR count). The van der Waals surface area contributed by atoms with Crippen LogP contribution >= 0.6 is 0 Å². The van der Waals surface area contributed by atoms with Gasteiger partial charge in [0.05, 0.1) is 0 Å². The first-order valence-electron chi connectivity index (χ1n) is 35.2. The minimum Gasteiger partial charge on any atom is -0.462 e. The second-order valence-corrected chi connectivity index (χ2v) is 23.4. The highest BCUT2D eigenvalue weighted by Crippen LogP contribution is 2.18. The van der Waals surface area contributed by atoms with Gasteiger partial charge in [0.15, 0.2) is 6.10 Å². The Balaban J connectivity index is 4.28. The number of allylic oxidation sites excluding steroid dienone is 16. The summed E-state index contributed by atoms with van der Waals surface area (Å²) in [6, 6.07) is 0. The van der Waals surface area contributed by atoms with Crippen molar-refractivity contribution in [3.05, 3.63) is 97.2 Å². The van der Waals surface area contributed by atoms with Gasteiger partial charge in [-0.2, -0.15) is 0 Å². The molecule has 0 aliphatic rings. The summed E-state index contributed by atoms with van der Waals surface area (Å²) < 4.78 is 16.9. The predicted molar refractivity (Wildman–Crippen MR) is 357 cm³/mol. The fraction of sp³-hybridized carbons (Fsp3) is 0.750. The molecule has 0 amide bonds. The Kier molecular flexibility index (Phi) is 66.7. The summed E-state index contributed by atoms with van der Waals surface area (Å²) in [5, 5.41) is 0. The third kappa shape index (κ3) is 67.1. The smallest absolute Gasteiger partial charge is 0.306 e. The molecule has 0 saturated heterocycles. The van der Waals surface area contributed by atoms with Crippen LogP contribution in [0.25, 0.3) is 0 Å². The van der Waals surface area contributed by atoms with Crippen LogP contribution in [-0.4, -0.2) is 37.2 Å². The van der Waals surface area contributed by atoms with Crippen LogP contribution < -0.4 is 0 Å². The summed E-state index contributed by atoms with van der Waals surface area (Å²) in [5.74, 6) is -0.968. The maximum atomic E-state index is 12.9. The maximum absolute atomic E-state index is 12.9. The summed E-state index contributed by atoms with van der Waals surface area (Å²) in [6.07, 6.45) is 94.6. The molecule has 0 aliphatic carbocycles. The van der Waals surface area contributed by atoms with E-state index < -0.39 is 6.10 Å². The van der Waals surface area contributed by atoms with E-state index in [1.54, 1.807) is 0 Å². The molecule has 6 nitrogen and oxygen atoms in total. The van der Waals surface area contributed by atoms with E-state index in [-0.39, 0.29) is 37.5 Å². The first kappa shape index (κ1) is 78.3. The molecular formula is C76H132O6. The molecule has 0 spiro atoms. The molecule has 1 unspecified atom stereocenters. The van der Waals surface area contributed by atoms with Gasteiger partial charge in [-0.3, -0.25) is 14.4 Å². The van der Waals surface area contributed by atoms with E-state index >= 15 is 0 Å². The van der Waals surface area contributed by atoms with E-state index in [4.69, 9.17) is 14.2 Å². The Hall–Kier alpha value is -3.67. The molecule has 0 bridgehead atoms. The molecule has 0 saturated carbocycles. The van der Waals surface area contributed by atoms with Crippen LogP contribution in [0.5, 0.6) is 0 Å². The Labute approximate surface area is 508 Å². The highest BCUT2D eigenvalue weighted by atomic mass is 16.6. The van der Waals surface area contributed by atoms with Gasteiger partial charge in [-0.15, -0.1) is 0 Å². The lowest BCUT2D eigenvalue weighted by Crippen LogP contribution is -2.30. The van der Waals surface area contributed by atoms with E-state index in [0.29, 0.717) is 19.3 Å². The molecule has 472 valence electrons. The van der Waals surface area contributed by atoms with E-state index in [1.807, 2.05) is 6.08 Å². The number of carbonyl (C=O) groups is 3. The third-order valence-electron chi connectivity index (χ3n) is 15.3. The molecule has 0 aromatic rings. The van der Waals surface area contributed by atoms with Gasteiger partial charge in [-0.05, 0) is 83.5 Å². The third-order valence-corrected chi connectivity index (χ3v) is 15.3. The van der Waals surface area contributed by atoms with Crippen molar-refractivity contribution < 1.29 is 28.6 Å². The number of unbranched alkanes of at least 4 members (excludes halogenated alkanes) is 37. The van der Waals surface area contributed by atoms with Gasteiger partial charge in [-0.25, -0.2) is 0 Å². The number of carbonyl (C=O) groups excluding carboxylic acids is 3. The Morgan fingerprint density at radius 2 is 0.500 bits per heavy atom. The number of hydrogen-bond acceptors (Lipinski definition) is 6. The van der Waals surface area contributed by atoms with Gasteiger partial charge in [0, 0.05) is 19.3 Å². The minimum absolute atomic E-state index is 0.0970. The number of esters is 3. The van der Waals surface area contributed by atoms with E-state index in [0.717, 1.165) is 89.9 Å². The topological polar surface area (TPSA) is 78.9 Å². The van der Waals surface area contributed by atoms with Crippen LogP contribution in [0.3, 0.4) is 0 Å². The zero-order valence-corrected chi connectivity index (χ0v) is 54.2. The molecule has 0 fully saturated rings. The van der Waals surface area contributed by atoms with Crippen LogP contribution in [0.4, 0.5) is 0 Å². The van der Waals surface area contributed by atoms with Crippen molar-refractivity contribution in [2.24, 2.45) is 0 Å². The molecule has 0 radical (unpaired) electrons. The Bertz CT molecular complexity index is 1590. The van der Waals surface area contributed by atoms with Crippen LogP contribution in [0.2, 0.25) is 0 Å². The predicted octanol–water partition coefficient (Wildman–Crippen LogP) is 24.4. The van der Waals surface area contributed by atoms with Crippen LogP contribution in [-0.2, 0) is 28.6 Å². The quantitative estimate of drug-likeness (QED) is 0.0261. The van der Waals surface area contributed by atoms with Gasteiger partial charge >= 0.3 is 17.9 Å². The lowest BCUT2D eigenvalue weighted by Gasteiger charge is -2.18. The summed E-state index contributed by atoms with van der Waals surface area (Å²) in [5.41, 5.74) is 0. The molecular weight excluding hydrogens is 1010 g/mol. The van der Waals surface area contributed by atoms with Crippen molar-refractivity contribution in [1.82, 2.24) is 0 Å². The first-order valence-corrected chi connectivity index (χ1v) is 35.2. The zero-order chi connectivity index (χ0) is 59.2. The lowest BCUT2D eigenvalue weighted by molar-refractivity contribution is -0.166. The highest BCUT2D eigenvalue weighted by molar-refractivity contribution is 5.71. The van der Waals surface area contributed by atoms with Crippen molar-refractivity contribution >= 4 is 17.9 Å². The van der Waals surface area contributed by atoms with Gasteiger partial charge in [0.1, 0.15) is 13.2 Å². The van der Waals surface area contributed by atoms with Crippen LogP contribution in [0, 0.1) is 0 Å². The molecule has 82 heavy (non-hydrogen) atoms. The molecule has 0 N–H and O–H groups in total. The monoisotopic (exact) mass is 1140 g/mol. The van der Waals surface area contributed by atoms with Crippen molar-refractivity contribution in [3.63, 3.8) is 0 Å². The number of hydrogen-bond donors (Lipinski definition) is 0. The summed E-state index contributed by atoms with van der Waals surface area (Å²) in [4.78, 5) is 38.4. The molecule has 6 heteroatoms. The van der Waals surface area contributed by atoms with Crippen molar-refractivity contribution in [2.45, 2.75) is 354 Å². The average molecular weight is 1140 g/mol. The van der Waals surface area contributed by atoms with E-state index in [2.05, 4.69) is 112 Å². The molecule has 0 aromatic heterocycles. The second kappa shape index (κ2) is 69.8. The van der Waals surface area contributed by atoms with Crippen LogP contribution in [0.15, 0.2) is 97.2 Å². The Morgan fingerprint density at radius 3 is 0.817 bits per heavy atom. The molecule has 0 aromatic carbocycles. The summed E-state index contributed by atoms with van der Waals surface area (Å²) in [7, 11) is 0. The van der Waals surface area contributed by atoms with Gasteiger partial charge in [0.25, 0.3) is 0 Å². The normalized spacial score (nSPS) is 12.7. The zero-order valence-electron chi connectivity index (χ0n) is 54.2. The fourth-order valence-corrected chi connectivity index (χ4v) is 10.2. The SMILES string of the molecule is CC/C=C\C/C=C\C/C=C\C/C=C\CCCCCCCCCCCCCCC(=O)OC(COC(=O)CC/C=C\C/C=C\C/C=C\C/C=C\CC)COC(=O)CCCCCCCCCCCCCCCCCCCCCCCCCCCC. The number of rotatable bonds is 64. The Morgan fingerprint density at radius 1 is 0.256 bits per heavy atom. The standard InChI is InChI=1S/C76H132O6/c1-4-7-10-13-16-19-22-25-27-29-31-33-35-37-39-40-42-44-46-48-51-54-57-60-63-66-69-75(78)81-72-73(71-80-74(77)68-65-62-59-56-53-50-24-21-18-15-12-9-6-3)82-76(79)70-67-64-61-58-55-52-49-47-45-43-41-38-36-34-32-30-28-26-23-20-17-14-11-8-5-2/h8-9,11-12,17-18,20-21,26,28,32,34,50,53,59,62,73H,4-7,10,13-16,19,22-25,27,29-31,33,35-49,51-52,54-58,60-61,63-72H2,1-3H3/b11-8-,12-9-,20-17-,21-18-,28-26-,34-32-,53-50-,62-59-. The lowest BCUT2D eigenvalue weighted by atomic mass is 10.0. The van der Waals surface area contributed by atoms with E-state index in [1.165, 1.54) is 212 Å². The van der Waals surface area contributed by atoms with Gasteiger partial charge in [0.2, 0.25) is 0 Å². The minimum atomic E-state index is -0.808. The van der Waals surface area contributed by atoms with Crippen molar-refractivity contribution in [3.8, 4) is 0 Å². The largest absolute Gasteiger partial charge is 0.462 e. The van der Waals surface area contributed by atoms with Gasteiger partial charge < -0.3 is 14.2 Å². The van der Waals surface area contributed by atoms with Crippen molar-refractivity contribution in [2.75, 3.05) is 13.2 Å². The second-order valence-electron chi connectivity index (χ2n) is 23.4. The number of ether oxygens (including phenoxy) is 3. The molecule has 1 atom stereocenters. The molecule has 0 heterocycles. The van der Waals surface area contributed by atoms with Gasteiger partial charge in [-0.1, -0.05) is 343 Å². The highest BCUT2D eigenvalue weighted by Gasteiger charge is 2.19. The fourth-order valence-electron chi connectivity index (χ4n) is 10.2. The van der Waals surface area contributed by atoms with Crippen LogP contribution in [0.1, 0.15) is 348 Å². The van der Waals surface area contributed by atoms with E-state index in [9.17, 15) is 14.4 Å². The average Bonchev–Trinajstić information content (AvgIpc) is 3.47. The first-order chi connectivity index (χ1) is 40.5. The molecule has 0 aliphatic heterocycles. The van der Waals surface area contributed by atoms with Crippen molar-refractivity contribution in [1.29, 1.82) is 0 Å². The maximum Gasteiger partial charge on any atom is 0.306 e. The summed E-state index contributed by atoms with van der Waals surface area (Å²) in [6.45, 7) is 6.40. The summed E-state index contributed by atoms with van der Waals surface area (Å²) >= 11 is 0.